The number of hydrogen-bond donors (Lipinski definition) is 0. The van der Waals surface area contributed by atoms with E-state index in [1.54, 1.807) is 11.8 Å². The molecule has 0 radical (unpaired) electrons. The lowest BCUT2D eigenvalue weighted by atomic mass is 10.1. The highest BCUT2D eigenvalue weighted by atomic mass is 32.2. The van der Waals surface area contributed by atoms with Gasteiger partial charge < -0.3 is 4.52 Å². The fourth-order valence-corrected chi connectivity index (χ4v) is 3.15. The van der Waals surface area contributed by atoms with E-state index in [0.717, 1.165) is 28.1 Å². The lowest BCUT2D eigenvalue weighted by molar-refractivity contribution is 0.391. The van der Waals surface area contributed by atoms with Crippen molar-refractivity contribution < 1.29 is 4.52 Å². The molecule has 0 aliphatic rings. The van der Waals surface area contributed by atoms with Gasteiger partial charge in [-0.05, 0) is 44.0 Å². The second kappa shape index (κ2) is 5.77. The maximum Gasteiger partial charge on any atom is 0.173 e. The van der Waals surface area contributed by atoms with Crippen LogP contribution in [-0.4, -0.2) is 14.7 Å². The molecule has 0 saturated carbocycles. The van der Waals surface area contributed by atoms with Crippen LogP contribution in [0.3, 0.4) is 0 Å². The molecular weight excluding hydrogens is 282 g/mol. The van der Waals surface area contributed by atoms with E-state index in [1.807, 2.05) is 25.4 Å². The van der Waals surface area contributed by atoms with E-state index in [4.69, 9.17) is 4.52 Å². The van der Waals surface area contributed by atoms with Gasteiger partial charge in [0.15, 0.2) is 5.16 Å². The number of imidazole rings is 1. The summed E-state index contributed by atoms with van der Waals surface area (Å²) in [6, 6.07) is 8.45. The Morgan fingerprint density at radius 3 is 2.52 bits per heavy atom. The summed E-state index contributed by atoms with van der Waals surface area (Å²) in [4.78, 5) is 4.44. The molecule has 0 aliphatic carbocycles. The van der Waals surface area contributed by atoms with Gasteiger partial charge in [-0.15, -0.1) is 0 Å². The third-order valence-electron chi connectivity index (χ3n) is 3.11. The summed E-state index contributed by atoms with van der Waals surface area (Å²) in [5, 5.41) is 4.86. The van der Waals surface area contributed by atoms with Crippen LogP contribution in [0.5, 0.6) is 0 Å². The predicted octanol–water partition coefficient (Wildman–Crippen LogP) is 4.08. The van der Waals surface area contributed by atoms with Crippen LogP contribution in [-0.2, 0) is 5.75 Å². The van der Waals surface area contributed by atoms with E-state index in [1.165, 1.54) is 11.1 Å². The van der Waals surface area contributed by atoms with E-state index in [-0.39, 0.29) is 0 Å². The fraction of sp³-hybridized carbons (Fsp3) is 0.250. The second-order valence-electron chi connectivity index (χ2n) is 5.15. The number of nitrogens with zero attached hydrogens (tertiary/aromatic N) is 3. The molecule has 1 aromatic carbocycles. The molecule has 0 spiro atoms. The van der Waals surface area contributed by atoms with Crippen LogP contribution in [0.15, 0.2) is 46.3 Å². The van der Waals surface area contributed by atoms with Gasteiger partial charge >= 0.3 is 0 Å². The van der Waals surface area contributed by atoms with Crippen molar-refractivity contribution in [3.8, 4) is 5.69 Å². The molecule has 0 fully saturated rings. The van der Waals surface area contributed by atoms with Crippen LogP contribution in [0.1, 0.15) is 22.6 Å². The topological polar surface area (TPSA) is 43.9 Å². The summed E-state index contributed by atoms with van der Waals surface area (Å²) in [5.74, 6) is 1.59. The molecule has 3 rings (SSSR count). The third-order valence-corrected chi connectivity index (χ3v) is 4.10. The zero-order valence-electron chi connectivity index (χ0n) is 12.3. The zero-order chi connectivity index (χ0) is 14.8. The summed E-state index contributed by atoms with van der Waals surface area (Å²) >= 11 is 1.64. The van der Waals surface area contributed by atoms with Gasteiger partial charge in [-0.25, -0.2) is 4.98 Å². The molecule has 0 saturated heterocycles. The second-order valence-corrected chi connectivity index (χ2v) is 6.09. The smallest absolute Gasteiger partial charge is 0.173 e. The molecular formula is C16H17N3OS. The van der Waals surface area contributed by atoms with Gasteiger partial charge in [0, 0.05) is 24.1 Å². The number of benzene rings is 1. The van der Waals surface area contributed by atoms with Crippen LogP contribution in [0, 0.1) is 20.8 Å². The van der Waals surface area contributed by atoms with Gasteiger partial charge in [-0.1, -0.05) is 23.0 Å². The van der Waals surface area contributed by atoms with Crippen LogP contribution < -0.4 is 0 Å². The number of thioether (sulfide) groups is 1. The average molecular weight is 299 g/mol. The van der Waals surface area contributed by atoms with Crippen molar-refractivity contribution in [1.29, 1.82) is 0 Å². The fourth-order valence-electron chi connectivity index (χ4n) is 2.30. The average Bonchev–Trinajstić information content (AvgIpc) is 3.03. The van der Waals surface area contributed by atoms with Gasteiger partial charge in [0.25, 0.3) is 0 Å². The molecule has 0 N–H and O–H groups in total. The first kappa shape index (κ1) is 13.9. The summed E-state index contributed by atoms with van der Waals surface area (Å²) in [6.45, 7) is 6.14. The van der Waals surface area contributed by atoms with Gasteiger partial charge in [-0.3, -0.25) is 4.57 Å². The molecule has 2 aromatic heterocycles. The molecule has 0 unspecified atom stereocenters. The minimum Gasteiger partial charge on any atom is -0.360 e. The Kier molecular flexibility index (Phi) is 3.84. The highest BCUT2D eigenvalue weighted by Crippen LogP contribution is 2.25. The minimum absolute atomic E-state index is 0.725. The summed E-state index contributed by atoms with van der Waals surface area (Å²) in [6.07, 6.45) is 3.81. The van der Waals surface area contributed by atoms with Crippen molar-refractivity contribution in [3.05, 3.63) is 59.2 Å². The van der Waals surface area contributed by atoms with E-state index in [0.29, 0.717) is 0 Å². The molecule has 0 bridgehead atoms. The van der Waals surface area contributed by atoms with Crippen molar-refractivity contribution in [2.45, 2.75) is 31.7 Å². The molecule has 3 aromatic rings. The van der Waals surface area contributed by atoms with E-state index >= 15 is 0 Å². The van der Waals surface area contributed by atoms with Gasteiger partial charge in [0.2, 0.25) is 0 Å². The Morgan fingerprint density at radius 2 is 1.86 bits per heavy atom. The van der Waals surface area contributed by atoms with Crippen LogP contribution in [0.2, 0.25) is 0 Å². The predicted molar refractivity (Wildman–Crippen MR) is 83.8 cm³/mol. The number of aromatic nitrogens is 3. The van der Waals surface area contributed by atoms with Gasteiger partial charge in [0.1, 0.15) is 5.76 Å². The van der Waals surface area contributed by atoms with E-state index in [2.05, 4.69) is 46.8 Å². The number of hydrogen-bond acceptors (Lipinski definition) is 4. The Morgan fingerprint density at radius 1 is 1.10 bits per heavy atom. The molecule has 0 amide bonds. The molecule has 0 atom stereocenters. The summed E-state index contributed by atoms with van der Waals surface area (Å²) in [5.41, 5.74) is 4.55. The monoisotopic (exact) mass is 299 g/mol. The molecule has 4 nitrogen and oxygen atoms in total. The van der Waals surface area contributed by atoms with E-state index < -0.39 is 0 Å². The van der Waals surface area contributed by atoms with Crippen molar-refractivity contribution in [3.63, 3.8) is 0 Å². The Hall–Kier alpha value is -2.01. The Bertz CT molecular complexity index is 740. The Balaban J connectivity index is 1.83. The van der Waals surface area contributed by atoms with E-state index in [9.17, 15) is 0 Å². The van der Waals surface area contributed by atoms with Crippen molar-refractivity contribution in [2.75, 3.05) is 0 Å². The van der Waals surface area contributed by atoms with Crippen molar-refractivity contribution in [2.24, 2.45) is 0 Å². The van der Waals surface area contributed by atoms with Crippen LogP contribution in [0.25, 0.3) is 5.69 Å². The number of aryl methyl sites for hydroxylation is 3. The molecule has 21 heavy (non-hydrogen) atoms. The molecule has 108 valence electrons. The lowest BCUT2D eigenvalue weighted by Gasteiger charge is -2.09. The summed E-state index contributed by atoms with van der Waals surface area (Å²) < 4.78 is 7.34. The maximum atomic E-state index is 5.24. The first-order valence-electron chi connectivity index (χ1n) is 6.79. The molecule has 2 heterocycles. The highest BCUT2D eigenvalue weighted by molar-refractivity contribution is 7.98. The quantitative estimate of drug-likeness (QED) is 0.681. The van der Waals surface area contributed by atoms with Gasteiger partial charge in [-0.2, -0.15) is 0 Å². The summed E-state index contributed by atoms with van der Waals surface area (Å²) in [7, 11) is 0. The number of rotatable bonds is 4. The normalized spacial score (nSPS) is 11.0. The zero-order valence-corrected chi connectivity index (χ0v) is 13.1. The largest absolute Gasteiger partial charge is 0.360 e. The Labute approximate surface area is 128 Å². The SMILES string of the molecule is Cc1cc(C)cc(-n2ccnc2SCc2cc(C)no2)c1. The van der Waals surface area contributed by atoms with Crippen molar-refractivity contribution >= 4 is 11.8 Å². The highest BCUT2D eigenvalue weighted by Gasteiger charge is 2.09. The maximum absolute atomic E-state index is 5.24. The van der Waals surface area contributed by atoms with Crippen LogP contribution in [0.4, 0.5) is 0 Å². The van der Waals surface area contributed by atoms with Crippen LogP contribution >= 0.6 is 11.8 Å². The van der Waals surface area contributed by atoms with Crippen molar-refractivity contribution in [1.82, 2.24) is 14.7 Å². The molecule has 0 aliphatic heterocycles. The third kappa shape index (κ3) is 3.19. The molecule has 5 heteroatoms. The first-order valence-corrected chi connectivity index (χ1v) is 7.77. The standard InChI is InChI=1S/C16H17N3OS/c1-11-6-12(2)8-14(7-11)19-5-4-17-16(19)21-10-15-9-13(3)18-20-15/h4-9H,10H2,1-3H3. The minimum atomic E-state index is 0.725. The van der Waals surface area contributed by atoms with Gasteiger partial charge in [0.05, 0.1) is 11.4 Å². The lowest BCUT2D eigenvalue weighted by Crippen LogP contribution is -1.96. The first-order chi connectivity index (χ1) is 10.1.